The monoisotopic (exact) mass is 192 g/mol. The molecule has 0 aliphatic carbocycles. The van der Waals surface area contributed by atoms with E-state index in [1.165, 1.54) is 5.57 Å². The normalized spacial score (nSPS) is 18.2. The van der Waals surface area contributed by atoms with E-state index in [1.54, 1.807) is 6.26 Å². The Morgan fingerprint density at radius 2 is 2.43 bits per heavy atom. The minimum absolute atomic E-state index is 0.703. The maximum Gasteiger partial charge on any atom is 0.117 e. The molecule has 3 heteroatoms. The van der Waals surface area contributed by atoms with Crippen molar-refractivity contribution in [2.75, 3.05) is 19.6 Å². The standard InChI is InChI=1S/C11H16N2O/c12-8-10-3-5-13(6-4-10)9-11-2-1-7-14-11/h1-3,7H,4-6,8-9,12H2. The number of furan rings is 1. The molecule has 0 bridgehead atoms. The fraction of sp³-hybridized carbons (Fsp3) is 0.455. The molecule has 2 rings (SSSR count). The van der Waals surface area contributed by atoms with Crippen LogP contribution in [-0.4, -0.2) is 24.5 Å². The summed E-state index contributed by atoms with van der Waals surface area (Å²) in [5, 5.41) is 0. The summed E-state index contributed by atoms with van der Waals surface area (Å²) in [6.07, 6.45) is 5.05. The van der Waals surface area contributed by atoms with Crippen LogP contribution in [0.5, 0.6) is 0 Å². The van der Waals surface area contributed by atoms with Crippen LogP contribution >= 0.6 is 0 Å². The van der Waals surface area contributed by atoms with Crippen molar-refractivity contribution in [2.24, 2.45) is 5.73 Å². The average Bonchev–Trinajstić information content (AvgIpc) is 2.72. The second kappa shape index (κ2) is 4.44. The Balaban J connectivity index is 1.87. The second-order valence-corrected chi connectivity index (χ2v) is 3.63. The molecule has 1 aromatic heterocycles. The van der Waals surface area contributed by atoms with Crippen LogP contribution < -0.4 is 5.73 Å². The van der Waals surface area contributed by atoms with Crippen LogP contribution in [0.4, 0.5) is 0 Å². The molecular weight excluding hydrogens is 176 g/mol. The molecule has 0 unspecified atom stereocenters. The van der Waals surface area contributed by atoms with Gasteiger partial charge in [-0.05, 0) is 18.6 Å². The largest absolute Gasteiger partial charge is 0.468 e. The fourth-order valence-corrected chi connectivity index (χ4v) is 1.71. The van der Waals surface area contributed by atoms with E-state index in [4.69, 9.17) is 10.2 Å². The number of nitrogens with zero attached hydrogens (tertiary/aromatic N) is 1. The van der Waals surface area contributed by atoms with Gasteiger partial charge in [-0.25, -0.2) is 0 Å². The zero-order chi connectivity index (χ0) is 9.80. The van der Waals surface area contributed by atoms with Crippen molar-refractivity contribution in [3.05, 3.63) is 35.8 Å². The molecule has 1 aliphatic rings. The van der Waals surface area contributed by atoms with Gasteiger partial charge >= 0.3 is 0 Å². The van der Waals surface area contributed by atoms with E-state index in [-0.39, 0.29) is 0 Å². The van der Waals surface area contributed by atoms with Gasteiger partial charge in [-0.1, -0.05) is 11.6 Å². The summed E-state index contributed by atoms with van der Waals surface area (Å²) in [7, 11) is 0. The lowest BCUT2D eigenvalue weighted by atomic mass is 10.1. The Bertz CT molecular complexity index is 303. The van der Waals surface area contributed by atoms with Gasteiger partial charge in [-0.3, -0.25) is 4.90 Å². The smallest absolute Gasteiger partial charge is 0.117 e. The van der Waals surface area contributed by atoms with Gasteiger partial charge in [0.15, 0.2) is 0 Å². The summed E-state index contributed by atoms with van der Waals surface area (Å²) in [5.74, 6) is 1.04. The summed E-state index contributed by atoms with van der Waals surface area (Å²) in [6, 6.07) is 3.95. The molecule has 2 heterocycles. The summed E-state index contributed by atoms with van der Waals surface area (Å²) < 4.78 is 5.30. The minimum atomic E-state index is 0.703. The molecule has 1 aromatic rings. The first kappa shape index (κ1) is 9.49. The predicted molar refractivity (Wildman–Crippen MR) is 55.7 cm³/mol. The van der Waals surface area contributed by atoms with Gasteiger partial charge in [0.2, 0.25) is 0 Å². The van der Waals surface area contributed by atoms with Crippen LogP contribution in [0.1, 0.15) is 12.2 Å². The molecule has 0 fully saturated rings. The van der Waals surface area contributed by atoms with Crippen LogP contribution in [0.3, 0.4) is 0 Å². The molecule has 76 valence electrons. The van der Waals surface area contributed by atoms with Gasteiger partial charge in [0, 0.05) is 19.6 Å². The molecule has 2 N–H and O–H groups in total. The lowest BCUT2D eigenvalue weighted by Gasteiger charge is -2.24. The molecule has 3 nitrogen and oxygen atoms in total. The zero-order valence-corrected chi connectivity index (χ0v) is 8.28. The van der Waals surface area contributed by atoms with Crippen molar-refractivity contribution in [1.82, 2.24) is 4.90 Å². The summed E-state index contributed by atoms with van der Waals surface area (Å²) in [6.45, 7) is 3.69. The van der Waals surface area contributed by atoms with Gasteiger partial charge in [0.05, 0.1) is 12.8 Å². The van der Waals surface area contributed by atoms with Crippen molar-refractivity contribution < 1.29 is 4.42 Å². The molecule has 14 heavy (non-hydrogen) atoms. The quantitative estimate of drug-likeness (QED) is 0.735. The third-order valence-electron chi connectivity index (χ3n) is 2.61. The summed E-state index contributed by atoms with van der Waals surface area (Å²) in [4.78, 5) is 2.36. The second-order valence-electron chi connectivity index (χ2n) is 3.63. The van der Waals surface area contributed by atoms with E-state index < -0.39 is 0 Å². The van der Waals surface area contributed by atoms with E-state index in [2.05, 4.69) is 11.0 Å². The Kier molecular flexibility index (Phi) is 3.01. The lowest BCUT2D eigenvalue weighted by Crippen LogP contribution is -2.29. The van der Waals surface area contributed by atoms with Crippen molar-refractivity contribution in [3.63, 3.8) is 0 Å². The Morgan fingerprint density at radius 1 is 1.50 bits per heavy atom. The molecule has 1 aliphatic heterocycles. The first-order valence-corrected chi connectivity index (χ1v) is 5.01. The van der Waals surface area contributed by atoms with Crippen molar-refractivity contribution in [3.8, 4) is 0 Å². The highest BCUT2D eigenvalue weighted by Crippen LogP contribution is 2.12. The zero-order valence-electron chi connectivity index (χ0n) is 8.28. The minimum Gasteiger partial charge on any atom is -0.468 e. The first-order chi connectivity index (χ1) is 6.88. The molecule has 0 saturated heterocycles. The van der Waals surface area contributed by atoms with E-state index in [9.17, 15) is 0 Å². The summed E-state index contributed by atoms with van der Waals surface area (Å²) in [5.41, 5.74) is 6.96. The molecule has 0 saturated carbocycles. The number of nitrogens with two attached hydrogens (primary N) is 1. The van der Waals surface area contributed by atoms with Crippen LogP contribution in [0.15, 0.2) is 34.5 Å². The van der Waals surface area contributed by atoms with E-state index >= 15 is 0 Å². The molecule has 0 aromatic carbocycles. The molecule has 0 spiro atoms. The summed E-state index contributed by atoms with van der Waals surface area (Å²) >= 11 is 0. The topological polar surface area (TPSA) is 42.4 Å². The van der Waals surface area contributed by atoms with Gasteiger partial charge in [0.25, 0.3) is 0 Å². The fourth-order valence-electron chi connectivity index (χ4n) is 1.71. The Hall–Kier alpha value is -1.06. The van der Waals surface area contributed by atoms with Crippen molar-refractivity contribution in [1.29, 1.82) is 0 Å². The van der Waals surface area contributed by atoms with Crippen LogP contribution in [0.25, 0.3) is 0 Å². The third-order valence-corrected chi connectivity index (χ3v) is 2.61. The highest BCUT2D eigenvalue weighted by Gasteiger charge is 2.11. The van der Waals surface area contributed by atoms with Gasteiger partial charge in [-0.15, -0.1) is 0 Å². The van der Waals surface area contributed by atoms with Crippen molar-refractivity contribution >= 4 is 0 Å². The van der Waals surface area contributed by atoms with Crippen molar-refractivity contribution in [2.45, 2.75) is 13.0 Å². The maximum absolute atomic E-state index is 5.58. The maximum atomic E-state index is 5.58. The first-order valence-electron chi connectivity index (χ1n) is 5.01. The molecule has 0 atom stereocenters. The average molecular weight is 192 g/mol. The number of hydrogen-bond acceptors (Lipinski definition) is 3. The molecule has 0 amide bonds. The van der Waals surface area contributed by atoms with Gasteiger partial charge < -0.3 is 10.2 Å². The highest BCUT2D eigenvalue weighted by molar-refractivity contribution is 5.09. The Morgan fingerprint density at radius 3 is 3.00 bits per heavy atom. The van der Waals surface area contributed by atoms with Crippen LogP contribution in [0.2, 0.25) is 0 Å². The number of hydrogen-bond donors (Lipinski definition) is 1. The van der Waals surface area contributed by atoms with Gasteiger partial charge in [0.1, 0.15) is 5.76 Å². The highest BCUT2D eigenvalue weighted by atomic mass is 16.3. The van der Waals surface area contributed by atoms with Crippen LogP contribution in [0, 0.1) is 0 Å². The lowest BCUT2D eigenvalue weighted by molar-refractivity contribution is 0.260. The predicted octanol–water partition coefficient (Wildman–Crippen LogP) is 1.37. The molecule has 0 radical (unpaired) electrons. The van der Waals surface area contributed by atoms with E-state index in [0.717, 1.165) is 31.8 Å². The molecular formula is C11H16N2O. The van der Waals surface area contributed by atoms with E-state index in [1.807, 2.05) is 12.1 Å². The SMILES string of the molecule is NCC1=CCN(Cc2ccco2)CC1. The Labute approximate surface area is 84.2 Å². The van der Waals surface area contributed by atoms with Gasteiger partial charge in [-0.2, -0.15) is 0 Å². The number of rotatable bonds is 3. The third kappa shape index (κ3) is 2.25. The van der Waals surface area contributed by atoms with Crippen LogP contribution in [-0.2, 0) is 6.54 Å². The van der Waals surface area contributed by atoms with E-state index in [0.29, 0.717) is 6.54 Å².